The van der Waals surface area contributed by atoms with Gasteiger partial charge in [0, 0.05) is 19.8 Å². The van der Waals surface area contributed by atoms with E-state index in [0.717, 1.165) is 19.4 Å². The Hall–Kier alpha value is -1.36. The van der Waals surface area contributed by atoms with E-state index in [9.17, 15) is 4.79 Å². The van der Waals surface area contributed by atoms with Gasteiger partial charge in [0.25, 0.3) is 5.91 Å². The van der Waals surface area contributed by atoms with Crippen molar-refractivity contribution in [1.82, 2.24) is 14.7 Å². The normalized spacial score (nSPS) is 20.9. The van der Waals surface area contributed by atoms with Gasteiger partial charge in [-0.25, -0.2) is 0 Å². The van der Waals surface area contributed by atoms with Crippen LogP contribution in [-0.4, -0.2) is 44.9 Å². The van der Waals surface area contributed by atoms with E-state index in [2.05, 4.69) is 5.10 Å². The zero-order valence-electron chi connectivity index (χ0n) is 8.76. The molecule has 1 aromatic rings. The summed E-state index contributed by atoms with van der Waals surface area (Å²) < 4.78 is 1.61. The van der Waals surface area contributed by atoms with Crippen LogP contribution in [0.1, 0.15) is 23.3 Å². The number of hydrogen-bond acceptors (Lipinski definition) is 3. The second-order valence-electron chi connectivity index (χ2n) is 3.85. The lowest BCUT2D eigenvalue weighted by Crippen LogP contribution is -2.37. The molecule has 82 valence electrons. The summed E-state index contributed by atoms with van der Waals surface area (Å²) in [5, 5.41) is 13.2. The molecule has 1 saturated heterocycles. The van der Waals surface area contributed by atoms with E-state index >= 15 is 0 Å². The molecule has 0 spiro atoms. The van der Waals surface area contributed by atoms with Crippen LogP contribution in [0.2, 0.25) is 0 Å². The van der Waals surface area contributed by atoms with Crippen molar-refractivity contribution in [3.05, 3.63) is 18.0 Å². The highest BCUT2D eigenvalue weighted by Gasteiger charge is 2.29. The number of aliphatic hydroxyl groups excluding tert-OH is 1. The molecule has 2 rings (SSSR count). The van der Waals surface area contributed by atoms with Gasteiger partial charge in [-0.05, 0) is 18.9 Å². The van der Waals surface area contributed by atoms with Gasteiger partial charge in [-0.3, -0.25) is 9.48 Å². The van der Waals surface area contributed by atoms with Gasteiger partial charge in [0.1, 0.15) is 5.69 Å². The molecule has 1 N–H and O–H groups in total. The number of amides is 1. The zero-order valence-corrected chi connectivity index (χ0v) is 8.76. The topological polar surface area (TPSA) is 58.4 Å². The molecule has 2 heterocycles. The molecule has 0 aliphatic carbocycles. The summed E-state index contributed by atoms with van der Waals surface area (Å²) in [6.07, 6.45) is 3.59. The lowest BCUT2D eigenvalue weighted by atomic mass is 10.2. The van der Waals surface area contributed by atoms with Crippen molar-refractivity contribution in [2.45, 2.75) is 18.9 Å². The average Bonchev–Trinajstić information content (AvgIpc) is 2.84. The molecule has 1 aliphatic rings. The first kappa shape index (κ1) is 10.2. The quantitative estimate of drug-likeness (QED) is 0.747. The third kappa shape index (κ3) is 1.87. The molecule has 1 atom stereocenters. The standard InChI is InChI=1S/C10H15N3O2/c1-12-6-4-9(11-12)10(15)13-5-2-3-8(13)7-14/h4,6,8,14H,2-3,5,7H2,1H3/t8-/m0/s1. The number of rotatable bonds is 2. The SMILES string of the molecule is Cn1ccc(C(=O)N2CCC[C@H]2CO)n1. The van der Waals surface area contributed by atoms with Crippen molar-refractivity contribution >= 4 is 5.91 Å². The summed E-state index contributed by atoms with van der Waals surface area (Å²) in [4.78, 5) is 13.7. The van der Waals surface area contributed by atoms with Gasteiger partial charge in [-0.1, -0.05) is 0 Å². The Morgan fingerprint density at radius 3 is 3.13 bits per heavy atom. The average molecular weight is 209 g/mol. The van der Waals surface area contributed by atoms with Crippen molar-refractivity contribution < 1.29 is 9.90 Å². The smallest absolute Gasteiger partial charge is 0.274 e. The monoisotopic (exact) mass is 209 g/mol. The van der Waals surface area contributed by atoms with Crippen LogP contribution in [0.3, 0.4) is 0 Å². The Labute approximate surface area is 88.3 Å². The van der Waals surface area contributed by atoms with E-state index in [0.29, 0.717) is 5.69 Å². The summed E-state index contributed by atoms with van der Waals surface area (Å²) in [7, 11) is 1.78. The Bertz CT molecular complexity index is 361. The first-order chi connectivity index (χ1) is 7.22. The molecule has 0 aromatic carbocycles. The van der Waals surface area contributed by atoms with Crippen LogP contribution >= 0.6 is 0 Å². The van der Waals surface area contributed by atoms with Crippen molar-refractivity contribution in [2.75, 3.05) is 13.2 Å². The maximum absolute atomic E-state index is 12.0. The van der Waals surface area contributed by atoms with Crippen LogP contribution in [0.25, 0.3) is 0 Å². The third-order valence-corrected chi connectivity index (χ3v) is 2.78. The number of carbonyl (C=O) groups excluding carboxylic acids is 1. The molecule has 5 heteroatoms. The second-order valence-corrected chi connectivity index (χ2v) is 3.85. The summed E-state index contributed by atoms with van der Waals surface area (Å²) in [6, 6.07) is 1.68. The van der Waals surface area contributed by atoms with Gasteiger partial charge in [0.2, 0.25) is 0 Å². The highest BCUT2D eigenvalue weighted by molar-refractivity contribution is 5.92. The number of aryl methyl sites for hydroxylation is 1. The molecule has 0 radical (unpaired) electrons. The number of carbonyl (C=O) groups is 1. The maximum Gasteiger partial charge on any atom is 0.274 e. The summed E-state index contributed by atoms with van der Waals surface area (Å²) in [5.74, 6) is -0.0767. The van der Waals surface area contributed by atoms with Gasteiger partial charge in [-0.15, -0.1) is 0 Å². The first-order valence-electron chi connectivity index (χ1n) is 5.14. The molecule has 5 nitrogen and oxygen atoms in total. The highest BCUT2D eigenvalue weighted by Crippen LogP contribution is 2.18. The molecule has 0 saturated carbocycles. The minimum atomic E-state index is -0.0767. The Balaban J connectivity index is 2.13. The van der Waals surface area contributed by atoms with E-state index in [1.165, 1.54) is 0 Å². The molecule has 1 aliphatic heterocycles. The van der Waals surface area contributed by atoms with E-state index in [4.69, 9.17) is 5.11 Å². The summed E-state index contributed by atoms with van der Waals surface area (Å²) >= 11 is 0. The third-order valence-electron chi connectivity index (χ3n) is 2.78. The first-order valence-corrected chi connectivity index (χ1v) is 5.14. The van der Waals surface area contributed by atoms with E-state index in [1.807, 2.05) is 0 Å². The zero-order chi connectivity index (χ0) is 10.8. The van der Waals surface area contributed by atoms with Crippen molar-refractivity contribution in [2.24, 2.45) is 7.05 Å². The van der Waals surface area contributed by atoms with Crippen molar-refractivity contribution in [3.63, 3.8) is 0 Å². The van der Waals surface area contributed by atoms with E-state index in [1.54, 1.807) is 28.9 Å². The molecule has 15 heavy (non-hydrogen) atoms. The molecule has 1 aromatic heterocycles. The molecule has 0 bridgehead atoms. The second kappa shape index (κ2) is 4.02. The number of likely N-dealkylation sites (tertiary alicyclic amines) is 1. The Morgan fingerprint density at radius 2 is 2.53 bits per heavy atom. The van der Waals surface area contributed by atoms with Gasteiger partial charge in [0.15, 0.2) is 0 Å². The van der Waals surface area contributed by atoms with E-state index in [-0.39, 0.29) is 18.6 Å². The van der Waals surface area contributed by atoms with Crippen molar-refractivity contribution in [1.29, 1.82) is 0 Å². The van der Waals surface area contributed by atoms with Crippen LogP contribution in [0.5, 0.6) is 0 Å². The van der Waals surface area contributed by atoms with Crippen LogP contribution < -0.4 is 0 Å². The van der Waals surface area contributed by atoms with Crippen LogP contribution in [0, 0.1) is 0 Å². The van der Waals surface area contributed by atoms with Gasteiger partial charge in [-0.2, -0.15) is 5.10 Å². The van der Waals surface area contributed by atoms with Gasteiger partial charge < -0.3 is 10.0 Å². The summed E-state index contributed by atoms with van der Waals surface area (Å²) in [5.41, 5.74) is 0.456. The molecule has 1 fully saturated rings. The minimum Gasteiger partial charge on any atom is -0.394 e. The van der Waals surface area contributed by atoms with E-state index < -0.39 is 0 Å². The van der Waals surface area contributed by atoms with Crippen molar-refractivity contribution in [3.8, 4) is 0 Å². The Kier molecular flexibility index (Phi) is 2.73. The van der Waals surface area contributed by atoms with Crippen LogP contribution in [0.15, 0.2) is 12.3 Å². The molecule has 1 amide bonds. The largest absolute Gasteiger partial charge is 0.394 e. The Morgan fingerprint density at radius 1 is 1.73 bits per heavy atom. The lowest BCUT2D eigenvalue weighted by molar-refractivity contribution is 0.0671. The molecular formula is C10H15N3O2. The fraction of sp³-hybridized carbons (Fsp3) is 0.600. The number of aliphatic hydroxyl groups is 1. The summed E-state index contributed by atoms with van der Waals surface area (Å²) in [6.45, 7) is 0.763. The van der Waals surface area contributed by atoms with Gasteiger partial charge in [0.05, 0.1) is 12.6 Å². The molecular weight excluding hydrogens is 194 g/mol. The van der Waals surface area contributed by atoms with Gasteiger partial charge >= 0.3 is 0 Å². The number of aromatic nitrogens is 2. The molecule has 0 unspecified atom stereocenters. The maximum atomic E-state index is 12.0. The fourth-order valence-corrected chi connectivity index (χ4v) is 1.97. The number of hydrogen-bond donors (Lipinski definition) is 1. The predicted octanol–water partition coefficient (Wildman–Crippen LogP) is 0.0170. The van der Waals surface area contributed by atoms with Crippen LogP contribution in [-0.2, 0) is 7.05 Å². The lowest BCUT2D eigenvalue weighted by Gasteiger charge is -2.21. The number of nitrogens with zero attached hydrogens (tertiary/aromatic N) is 3. The highest BCUT2D eigenvalue weighted by atomic mass is 16.3. The fourth-order valence-electron chi connectivity index (χ4n) is 1.97. The minimum absolute atomic E-state index is 0.0282. The predicted molar refractivity (Wildman–Crippen MR) is 54.4 cm³/mol. The van der Waals surface area contributed by atoms with Crippen LogP contribution in [0.4, 0.5) is 0 Å².